The molecule has 6 N–H and O–H groups in total. The lowest BCUT2D eigenvalue weighted by atomic mass is 9.95. The van der Waals surface area contributed by atoms with E-state index in [2.05, 4.69) is 0 Å². The van der Waals surface area contributed by atoms with E-state index in [4.69, 9.17) is 35.4 Å². The standard InChI is InChI=1S/C5H12O3.2C3H6O2.CH2O2/c1-5(2-6,3-7)4-8;2*1-2-3(4)5;2-1-3/h6-8H,2-4H2,1H3;2*2H2,1H3,(H,4,5);1H,(H,2,3). The molecule has 0 amide bonds. The van der Waals surface area contributed by atoms with Crippen LogP contribution in [0.2, 0.25) is 0 Å². The number of hydrogen-bond donors (Lipinski definition) is 6. The predicted molar refractivity (Wildman–Crippen MR) is 73.9 cm³/mol. The Labute approximate surface area is 123 Å². The molecule has 0 aromatic rings. The molecule has 0 unspecified atom stereocenters. The fourth-order valence-corrected chi connectivity index (χ4v) is 0.150. The van der Waals surface area contributed by atoms with E-state index in [9.17, 15) is 9.59 Å². The summed E-state index contributed by atoms with van der Waals surface area (Å²) in [6, 6.07) is 0. The van der Waals surface area contributed by atoms with Crippen LogP contribution in [0.5, 0.6) is 0 Å². The number of aliphatic carboxylic acids is 2. The smallest absolute Gasteiger partial charge is 0.303 e. The second-order valence-corrected chi connectivity index (χ2v) is 3.88. The van der Waals surface area contributed by atoms with Crippen LogP contribution in [0.15, 0.2) is 0 Å². The highest BCUT2D eigenvalue weighted by Crippen LogP contribution is 2.10. The minimum Gasteiger partial charge on any atom is -0.483 e. The Balaban J connectivity index is -0.0000000977. The molecule has 0 rings (SSSR count). The summed E-state index contributed by atoms with van der Waals surface area (Å²) in [6.45, 7) is 4.01. The van der Waals surface area contributed by atoms with Crippen LogP contribution in [0.1, 0.15) is 33.6 Å². The Morgan fingerprint density at radius 2 is 1.05 bits per heavy atom. The van der Waals surface area contributed by atoms with Gasteiger partial charge in [0.2, 0.25) is 0 Å². The van der Waals surface area contributed by atoms with Crippen LogP contribution >= 0.6 is 0 Å². The van der Waals surface area contributed by atoms with E-state index >= 15 is 0 Å². The first-order valence-corrected chi connectivity index (χ1v) is 5.98. The molecular formula is C12H26O9. The lowest BCUT2D eigenvalue weighted by Gasteiger charge is -2.20. The molecule has 0 aliphatic carbocycles. The van der Waals surface area contributed by atoms with Crippen molar-refractivity contribution in [3.8, 4) is 0 Å². The van der Waals surface area contributed by atoms with Gasteiger partial charge in [0.15, 0.2) is 0 Å². The third-order valence-corrected chi connectivity index (χ3v) is 1.75. The van der Waals surface area contributed by atoms with Gasteiger partial charge in [0, 0.05) is 18.3 Å². The Kier molecular flexibility index (Phi) is 27.1. The van der Waals surface area contributed by atoms with Crippen molar-refractivity contribution in [3.63, 3.8) is 0 Å². The molecule has 0 spiro atoms. The summed E-state index contributed by atoms with van der Waals surface area (Å²) >= 11 is 0. The molecule has 0 fully saturated rings. The van der Waals surface area contributed by atoms with Gasteiger partial charge in [0.25, 0.3) is 6.47 Å². The Bertz CT molecular complexity index is 227. The van der Waals surface area contributed by atoms with Crippen LogP contribution in [-0.4, -0.2) is 68.9 Å². The van der Waals surface area contributed by atoms with E-state index in [0.29, 0.717) is 0 Å². The highest BCUT2D eigenvalue weighted by Gasteiger charge is 2.20. The van der Waals surface area contributed by atoms with Gasteiger partial charge in [-0.15, -0.1) is 0 Å². The molecule has 0 aliphatic rings. The summed E-state index contributed by atoms with van der Waals surface area (Å²) in [5.41, 5.74) is -0.708. The molecular weight excluding hydrogens is 288 g/mol. The predicted octanol–water partition coefficient (Wildman–Crippen LogP) is -0.368. The SMILES string of the molecule is CC(CO)(CO)CO.CCC(=O)O.CCC(=O)O.O=CO. The first kappa shape index (κ1) is 27.6. The number of aliphatic hydroxyl groups is 3. The van der Waals surface area contributed by atoms with Crippen molar-refractivity contribution in [2.45, 2.75) is 33.6 Å². The monoisotopic (exact) mass is 314 g/mol. The van der Waals surface area contributed by atoms with Gasteiger partial charge < -0.3 is 30.6 Å². The van der Waals surface area contributed by atoms with Crippen LogP contribution in [0.4, 0.5) is 0 Å². The van der Waals surface area contributed by atoms with Gasteiger partial charge in [0.05, 0.1) is 19.8 Å². The molecule has 9 nitrogen and oxygen atoms in total. The molecule has 0 aliphatic heterocycles. The van der Waals surface area contributed by atoms with Gasteiger partial charge >= 0.3 is 11.9 Å². The topological polar surface area (TPSA) is 173 Å². The molecule has 0 atom stereocenters. The molecule has 0 aromatic heterocycles. The zero-order chi connectivity index (χ0) is 17.9. The van der Waals surface area contributed by atoms with Crippen LogP contribution < -0.4 is 0 Å². The van der Waals surface area contributed by atoms with Crippen molar-refractivity contribution in [2.24, 2.45) is 5.41 Å². The Hall–Kier alpha value is -1.71. The van der Waals surface area contributed by atoms with Gasteiger partial charge in [-0.3, -0.25) is 14.4 Å². The molecule has 0 saturated heterocycles. The van der Waals surface area contributed by atoms with Gasteiger partial charge in [0.1, 0.15) is 0 Å². The van der Waals surface area contributed by atoms with Crippen molar-refractivity contribution >= 4 is 18.4 Å². The maximum atomic E-state index is 9.37. The molecule has 128 valence electrons. The van der Waals surface area contributed by atoms with Gasteiger partial charge in [-0.25, -0.2) is 0 Å². The van der Waals surface area contributed by atoms with Crippen molar-refractivity contribution in [1.29, 1.82) is 0 Å². The van der Waals surface area contributed by atoms with Crippen molar-refractivity contribution in [1.82, 2.24) is 0 Å². The van der Waals surface area contributed by atoms with Gasteiger partial charge in [-0.2, -0.15) is 0 Å². The third-order valence-electron chi connectivity index (χ3n) is 1.75. The lowest BCUT2D eigenvalue weighted by Crippen LogP contribution is -2.29. The highest BCUT2D eigenvalue weighted by atomic mass is 16.4. The maximum absolute atomic E-state index is 9.37. The molecule has 0 heterocycles. The van der Waals surface area contributed by atoms with Crippen LogP contribution in [0, 0.1) is 5.41 Å². The van der Waals surface area contributed by atoms with E-state index in [-0.39, 0.29) is 39.1 Å². The zero-order valence-electron chi connectivity index (χ0n) is 12.5. The first-order chi connectivity index (χ1) is 9.64. The normalized spacial score (nSPS) is 8.67. The number of carbonyl (C=O) groups is 3. The molecule has 0 bridgehead atoms. The van der Waals surface area contributed by atoms with Crippen molar-refractivity contribution in [2.75, 3.05) is 19.8 Å². The van der Waals surface area contributed by atoms with Crippen LogP contribution in [0.3, 0.4) is 0 Å². The van der Waals surface area contributed by atoms with E-state index in [0.717, 1.165) is 0 Å². The van der Waals surface area contributed by atoms with Crippen molar-refractivity contribution < 1.29 is 45.0 Å². The number of hydrogen-bond acceptors (Lipinski definition) is 6. The number of carboxylic acid groups (broad SMARTS) is 3. The molecule has 0 aromatic carbocycles. The molecule has 0 radical (unpaired) electrons. The second-order valence-electron chi connectivity index (χ2n) is 3.88. The fourth-order valence-electron chi connectivity index (χ4n) is 0.150. The first-order valence-electron chi connectivity index (χ1n) is 5.98. The highest BCUT2D eigenvalue weighted by molar-refractivity contribution is 5.66. The largest absolute Gasteiger partial charge is 0.483 e. The summed E-state index contributed by atoms with van der Waals surface area (Å²) < 4.78 is 0. The average Bonchev–Trinajstić information content (AvgIpc) is 2.48. The third kappa shape index (κ3) is 38.1. The fraction of sp³-hybridized carbons (Fsp3) is 0.750. The number of rotatable bonds is 5. The maximum Gasteiger partial charge on any atom is 0.303 e. The minimum atomic E-state index is -0.745. The summed E-state index contributed by atoms with van der Waals surface area (Å²) in [5, 5.41) is 47.7. The second kappa shape index (κ2) is 20.6. The summed E-state index contributed by atoms with van der Waals surface area (Å²) in [5.74, 6) is -1.49. The molecule has 21 heavy (non-hydrogen) atoms. The summed E-state index contributed by atoms with van der Waals surface area (Å²) in [6.07, 6.45) is 0.444. The van der Waals surface area contributed by atoms with E-state index in [1.807, 2.05) is 0 Å². The summed E-state index contributed by atoms with van der Waals surface area (Å²) in [7, 11) is 0. The zero-order valence-corrected chi connectivity index (χ0v) is 12.5. The van der Waals surface area contributed by atoms with Crippen molar-refractivity contribution in [3.05, 3.63) is 0 Å². The van der Waals surface area contributed by atoms with E-state index in [1.165, 1.54) is 0 Å². The molecule has 9 heteroatoms. The Morgan fingerprint density at radius 3 is 1.05 bits per heavy atom. The minimum absolute atomic E-state index is 0.181. The number of carboxylic acids is 2. The van der Waals surface area contributed by atoms with Gasteiger partial charge in [-0.05, 0) is 0 Å². The van der Waals surface area contributed by atoms with Gasteiger partial charge in [-0.1, -0.05) is 20.8 Å². The average molecular weight is 314 g/mol. The van der Waals surface area contributed by atoms with E-state index in [1.54, 1.807) is 20.8 Å². The number of aliphatic hydroxyl groups excluding tert-OH is 3. The molecule has 0 saturated carbocycles. The van der Waals surface area contributed by atoms with Crippen LogP contribution in [-0.2, 0) is 14.4 Å². The lowest BCUT2D eigenvalue weighted by molar-refractivity contribution is -0.137. The van der Waals surface area contributed by atoms with E-state index < -0.39 is 17.4 Å². The Morgan fingerprint density at radius 1 is 0.905 bits per heavy atom. The quantitative estimate of drug-likeness (QED) is 0.370. The van der Waals surface area contributed by atoms with Crippen LogP contribution in [0.25, 0.3) is 0 Å². The summed E-state index contributed by atoms with van der Waals surface area (Å²) in [4.78, 5) is 27.1.